The Morgan fingerprint density at radius 3 is 3.05 bits per heavy atom. The number of halogens is 1. The Bertz CT molecular complexity index is 444. The SMILES string of the molecule is CCOC(=O)C1(Nc2cccc(Br)c2)CCCOC1. The number of hydrogen-bond acceptors (Lipinski definition) is 4. The summed E-state index contributed by atoms with van der Waals surface area (Å²) in [7, 11) is 0. The topological polar surface area (TPSA) is 47.6 Å². The molecule has 1 aromatic rings. The van der Waals surface area contributed by atoms with E-state index in [0.717, 1.165) is 23.0 Å². The zero-order chi connectivity index (χ0) is 13.7. The highest BCUT2D eigenvalue weighted by molar-refractivity contribution is 9.10. The summed E-state index contributed by atoms with van der Waals surface area (Å²) in [6.07, 6.45) is 1.57. The Kier molecular flexibility index (Phi) is 4.82. The van der Waals surface area contributed by atoms with Crippen LogP contribution in [0.25, 0.3) is 0 Å². The van der Waals surface area contributed by atoms with Gasteiger partial charge in [0.1, 0.15) is 0 Å². The number of anilines is 1. The third kappa shape index (κ3) is 3.48. The van der Waals surface area contributed by atoms with Crippen LogP contribution in [0.3, 0.4) is 0 Å². The molecule has 1 fully saturated rings. The van der Waals surface area contributed by atoms with E-state index in [1.165, 1.54) is 0 Å². The van der Waals surface area contributed by atoms with Crippen LogP contribution in [0.4, 0.5) is 5.69 Å². The van der Waals surface area contributed by atoms with Crippen LogP contribution in [-0.2, 0) is 14.3 Å². The summed E-state index contributed by atoms with van der Waals surface area (Å²) in [6.45, 7) is 3.23. The zero-order valence-corrected chi connectivity index (χ0v) is 12.5. The summed E-state index contributed by atoms with van der Waals surface area (Å²) in [5.41, 5.74) is 0.114. The minimum atomic E-state index is -0.769. The fourth-order valence-corrected chi connectivity index (χ4v) is 2.62. The molecule has 2 rings (SSSR count). The third-order valence-electron chi connectivity index (χ3n) is 3.12. The number of hydrogen-bond donors (Lipinski definition) is 1. The lowest BCUT2D eigenvalue weighted by Gasteiger charge is -2.36. The van der Waals surface area contributed by atoms with Crippen molar-refractivity contribution in [1.29, 1.82) is 0 Å². The van der Waals surface area contributed by atoms with Gasteiger partial charge in [-0.15, -0.1) is 0 Å². The van der Waals surface area contributed by atoms with Gasteiger partial charge in [-0.05, 0) is 38.0 Å². The molecule has 1 saturated heterocycles. The quantitative estimate of drug-likeness (QED) is 0.864. The summed E-state index contributed by atoms with van der Waals surface area (Å²) < 4.78 is 11.6. The number of nitrogens with one attached hydrogen (secondary N) is 1. The van der Waals surface area contributed by atoms with Crippen LogP contribution < -0.4 is 5.32 Å². The molecule has 0 amide bonds. The van der Waals surface area contributed by atoms with Gasteiger partial charge in [-0.2, -0.15) is 0 Å². The van der Waals surface area contributed by atoms with Crippen molar-refractivity contribution < 1.29 is 14.3 Å². The predicted molar refractivity (Wildman–Crippen MR) is 77.2 cm³/mol. The molecular weight excluding hydrogens is 310 g/mol. The normalized spacial score (nSPS) is 22.8. The first-order valence-corrected chi connectivity index (χ1v) is 7.24. The van der Waals surface area contributed by atoms with E-state index in [-0.39, 0.29) is 5.97 Å². The van der Waals surface area contributed by atoms with E-state index in [9.17, 15) is 4.79 Å². The van der Waals surface area contributed by atoms with Crippen LogP contribution in [0.15, 0.2) is 28.7 Å². The van der Waals surface area contributed by atoms with Gasteiger partial charge in [0.25, 0.3) is 0 Å². The minimum Gasteiger partial charge on any atom is -0.464 e. The molecule has 1 N–H and O–H groups in total. The maximum atomic E-state index is 12.2. The molecule has 1 heterocycles. The molecule has 0 bridgehead atoms. The molecule has 0 aliphatic carbocycles. The molecule has 0 radical (unpaired) electrons. The second-order valence-corrected chi connectivity index (χ2v) is 5.51. The molecule has 1 aliphatic heterocycles. The largest absolute Gasteiger partial charge is 0.464 e. The van der Waals surface area contributed by atoms with Crippen LogP contribution in [0, 0.1) is 0 Å². The molecule has 19 heavy (non-hydrogen) atoms. The number of benzene rings is 1. The summed E-state index contributed by atoms with van der Waals surface area (Å²) in [6, 6.07) is 7.74. The van der Waals surface area contributed by atoms with Gasteiger partial charge in [-0.3, -0.25) is 0 Å². The van der Waals surface area contributed by atoms with E-state index in [4.69, 9.17) is 9.47 Å². The molecule has 4 nitrogen and oxygen atoms in total. The van der Waals surface area contributed by atoms with E-state index in [1.54, 1.807) is 0 Å². The Labute approximate surface area is 121 Å². The number of rotatable bonds is 4. The van der Waals surface area contributed by atoms with Gasteiger partial charge in [0.15, 0.2) is 5.54 Å². The monoisotopic (exact) mass is 327 g/mol. The van der Waals surface area contributed by atoms with E-state index in [2.05, 4.69) is 21.2 Å². The van der Waals surface area contributed by atoms with Crippen molar-refractivity contribution in [3.05, 3.63) is 28.7 Å². The zero-order valence-electron chi connectivity index (χ0n) is 10.9. The molecule has 1 aliphatic rings. The van der Waals surface area contributed by atoms with Gasteiger partial charge < -0.3 is 14.8 Å². The molecule has 104 valence electrons. The summed E-state index contributed by atoms with van der Waals surface area (Å²) in [5, 5.41) is 3.29. The van der Waals surface area contributed by atoms with Gasteiger partial charge in [-0.25, -0.2) is 4.79 Å². The van der Waals surface area contributed by atoms with E-state index < -0.39 is 5.54 Å². The van der Waals surface area contributed by atoms with Gasteiger partial charge in [0, 0.05) is 16.8 Å². The second kappa shape index (κ2) is 6.39. The Balaban J connectivity index is 2.20. The van der Waals surface area contributed by atoms with Crippen LogP contribution in [-0.4, -0.2) is 31.3 Å². The van der Waals surface area contributed by atoms with Crippen LogP contribution in [0.1, 0.15) is 19.8 Å². The van der Waals surface area contributed by atoms with Crippen molar-refractivity contribution >= 4 is 27.6 Å². The molecule has 0 aromatic heterocycles. The van der Waals surface area contributed by atoms with Crippen LogP contribution in [0.5, 0.6) is 0 Å². The number of carbonyl (C=O) groups excluding carboxylic acids is 1. The van der Waals surface area contributed by atoms with Gasteiger partial charge in [0.2, 0.25) is 0 Å². The first kappa shape index (κ1) is 14.3. The smallest absolute Gasteiger partial charge is 0.334 e. The van der Waals surface area contributed by atoms with E-state index in [0.29, 0.717) is 19.8 Å². The molecule has 1 unspecified atom stereocenters. The lowest BCUT2D eigenvalue weighted by molar-refractivity contribution is -0.153. The van der Waals surface area contributed by atoms with Crippen molar-refractivity contribution in [2.45, 2.75) is 25.3 Å². The summed E-state index contributed by atoms with van der Waals surface area (Å²) in [4.78, 5) is 12.2. The molecule has 0 saturated carbocycles. The highest BCUT2D eigenvalue weighted by Crippen LogP contribution is 2.27. The molecule has 1 aromatic carbocycles. The van der Waals surface area contributed by atoms with Crippen molar-refractivity contribution in [2.75, 3.05) is 25.1 Å². The molecule has 1 atom stereocenters. The highest BCUT2D eigenvalue weighted by Gasteiger charge is 2.42. The lowest BCUT2D eigenvalue weighted by atomic mass is 9.92. The van der Waals surface area contributed by atoms with Gasteiger partial charge >= 0.3 is 5.97 Å². The predicted octanol–water partition coefficient (Wildman–Crippen LogP) is 2.97. The highest BCUT2D eigenvalue weighted by atomic mass is 79.9. The van der Waals surface area contributed by atoms with Crippen molar-refractivity contribution in [3.8, 4) is 0 Å². The average molecular weight is 328 g/mol. The Morgan fingerprint density at radius 1 is 1.58 bits per heavy atom. The first-order chi connectivity index (χ1) is 9.16. The van der Waals surface area contributed by atoms with E-state index >= 15 is 0 Å². The molecule has 5 heteroatoms. The summed E-state index contributed by atoms with van der Waals surface area (Å²) >= 11 is 3.42. The van der Waals surface area contributed by atoms with Crippen LogP contribution >= 0.6 is 15.9 Å². The van der Waals surface area contributed by atoms with Crippen molar-refractivity contribution in [3.63, 3.8) is 0 Å². The Morgan fingerprint density at radius 2 is 2.42 bits per heavy atom. The fraction of sp³-hybridized carbons (Fsp3) is 0.500. The van der Waals surface area contributed by atoms with Crippen LogP contribution in [0.2, 0.25) is 0 Å². The van der Waals surface area contributed by atoms with Gasteiger partial charge in [-0.1, -0.05) is 22.0 Å². The summed E-state index contributed by atoms with van der Waals surface area (Å²) in [5.74, 6) is -0.241. The third-order valence-corrected chi connectivity index (χ3v) is 3.61. The van der Waals surface area contributed by atoms with Crippen molar-refractivity contribution in [1.82, 2.24) is 0 Å². The molecular formula is C14H18BrNO3. The minimum absolute atomic E-state index is 0.241. The maximum absolute atomic E-state index is 12.2. The average Bonchev–Trinajstić information content (AvgIpc) is 2.40. The maximum Gasteiger partial charge on any atom is 0.334 e. The number of carbonyl (C=O) groups is 1. The Hall–Kier alpha value is -1.07. The molecule has 0 spiro atoms. The fourth-order valence-electron chi connectivity index (χ4n) is 2.22. The second-order valence-electron chi connectivity index (χ2n) is 4.59. The van der Waals surface area contributed by atoms with Crippen molar-refractivity contribution in [2.24, 2.45) is 0 Å². The van der Waals surface area contributed by atoms with Gasteiger partial charge in [0.05, 0.1) is 13.2 Å². The standard InChI is InChI=1S/C14H18BrNO3/c1-2-19-13(17)14(7-4-8-18-10-14)16-12-6-3-5-11(15)9-12/h3,5-6,9,16H,2,4,7-8,10H2,1H3. The lowest BCUT2D eigenvalue weighted by Crippen LogP contribution is -2.53. The first-order valence-electron chi connectivity index (χ1n) is 6.45. The number of esters is 1. The van der Waals surface area contributed by atoms with E-state index in [1.807, 2.05) is 31.2 Å². The number of ether oxygens (including phenoxy) is 2.